The molecule has 0 bridgehead atoms. The van der Waals surface area contributed by atoms with Crippen molar-refractivity contribution in [1.29, 1.82) is 0 Å². The third kappa shape index (κ3) is 3.72. The van der Waals surface area contributed by atoms with E-state index in [2.05, 4.69) is 21.7 Å². The lowest BCUT2D eigenvalue weighted by atomic mass is 10.1. The Morgan fingerprint density at radius 1 is 0.963 bits per heavy atom. The number of nitrogens with one attached hydrogen (secondary N) is 3. The molecule has 0 saturated heterocycles. The molecule has 0 radical (unpaired) electrons. The summed E-state index contributed by atoms with van der Waals surface area (Å²) in [4.78, 5) is 15.6. The number of fused-ring (bicyclic) bond motifs is 3. The number of aromatic nitrogens is 1. The van der Waals surface area contributed by atoms with E-state index < -0.39 is 0 Å². The van der Waals surface area contributed by atoms with Gasteiger partial charge in [-0.2, -0.15) is 0 Å². The first-order chi connectivity index (χ1) is 13.2. The molecule has 0 unspecified atom stereocenters. The van der Waals surface area contributed by atoms with E-state index in [1.54, 1.807) is 7.11 Å². The molecular weight excluding hydrogens is 338 g/mol. The second-order valence-corrected chi connectivity index (χ2v) is 6.41. The quantitative estimate of drug-likeness (QED) is 0.484. The summed E-state index contributed by atoms with van der Waals surface area (Å²) >= 11 is 0. The van der Waals surface area contributed by atoms with Crippen molar-refractivity contribution in [2.45, 2.75) is 6.42 Å². The van der Waals surface area contributed by atoms with Gasteiger partial charge in [-0.05, 0) is 48.4 Å². The molecule has 0 aliphatic rings. The highest BCUT2D eigenvalue weighted by Gasteiger charge is 2.06. The van der Waals surface area contributed by atoms with Crippen LogP contribution in [0.5, 0.6) is 5.75 Å². The van der Waals surface area contributed by atoms with E-state index in [9.17, 15) is 4.79 Å². The Kier molecular flexibility index (Phi) is 4.66. The zero-order valence-electron chi connectivity index (χ0n) is 15.1. The van der Waals surface area contributed by atoms with Crippen LogP contribution in [-0.4, -0.2) is 24.7 Å². The molecule has 0 aliphatic heterocycles. The largest absolute Gasteiger partial charge is 0.497 e. The molecule has 1 aromatic heterocycles. The molecule has 0 aliphatic carbocycles. The minimum Gasteiger partial charge on any atom is -0.497 e. The number of carbonyl (C=O) groups excluding carboxylic acids is 1. The Hall–Kier alpha value is -3.47. The van der Waals surface area contributed by atoms with Gasteiger partial charge in [-0.25, -0.2) is 4.79 Å². The normalized spacial score (nSPS) is 10.9. The highest BCUT2D eigenvalue weighted by atomic mass is 16.5. The third-order valence-corrected chi connectivity index (χ3v) is 4.62. The number of carbonyl (C=O) groups is 1. The lowest BCUT2D eigenvalue weighted by Crippen LogP contribution is -2.30. The number of H-pyrrole nitrogens is 1. The Morgan fingerprint density at radius 3 is 2.56 bits per heavy atom. The Morgan fingerprint density at radius 2 is 1.74 bits per heavy atom. The molecule has 3 aromatic carbocycles. The molecule has 5 heteroatoms. The van der Waals surface area contributed by atoms with Crippen molar-refractivity contribution >= 4 is 33.5 Å². The molecule has 2 amide bonds. The molecule has 1 heterocycles. The first-order valence-electron chi connectivity index (χ1n) is 8.91. The molecule has 0 saturated carbocycles. The maximum absolute atomic E-state index is 12.2. The minimum absolute atomic E-state index is 0.206. The smallest absolute Gasteiger partial charge is 0.319 e. The van der Waals surface area contributed by atoms with E-state index in [0.29, 0.717) is 6.54 Å². The van der Waals surface area contributed by atoms with E-state index in [1.807, 2.05) is 60.7 Å². The number of anilines is 1. The fraction of sp³-hybridized carbons (Fsp3) is 0.136. The molecular formula is C22H21N3O2. The van der Waals surface area contributed by atoms with Crippen LogP contribution in [-0.2, 0) is 6.42 Å². The summed E-state index contributed by atoms with van der Waals surface area (Å²) in [6.45, 7) is 0.563. The van der Waals surface area contributed by atoms with Crippen LogP contribution in [0.25, 0.3) is 21.8 Å². The van der Waals surface area contributed by atoms with Gasteiger partial charge >= 0.3 is 6.03 Å². The van der Waals surface area contributed by atoms with Gasteiger partial charge < -0.3 is 20.4 Å². The molecule has 0 fully saturated rings. The second kappa shape index (κ2) is 7.41. The summed E-state index contributed by atoms with van der Waals surface area (Å²) in [5, 5.41) is 8.06. The molecule has 4 rings (SSSR count). The number of ether oxygens (including phenoxy) is 1. The average Bonchev–Trinajstić information content (AvgIpc) is 3.06. The monoisotopic (exact) mass is 359 g/mol. The van der Waals surface area contributed by atoms with Gasteiger partial charge in [-0.1, -0.05) is 30.3 Å². The molecule has 0 atom stereocenters. The standard InChI is InChI=1S/C22H21N3O2/c1-27-17-9-6-15(7-10-17)12-13-23-22(26)24-16-8-11-21-19(14-16)18-4-2-3-5-20(18)25-21/h2-11,14,25H,12-13H2,1H3,(H2,23,24,26). The van der Waals surface area contributed by atoms with Crippen molar-refractivity contribution < 1.29 is 9.53 Å². The van der Waals surface area contributed by atoms with E-state index in [0.717, 1.165) is 45.2 Å². The zero-order valence-corrected chi connectivity index (χ0v) is 15.1. The van der Waals surface area contributed by atoms with Gasteiger partial charge in [-0.15, -0.1) is 0 Å². The zero-order chi connectivity index (χ0) is 18.6. The van der Waals surface area contributed by atoms with Crippen molar-refractivity contribution in [3.05, 3.63) is 72.3 Å². The SMILES string of the molecule is COc1ccc(CCNC(=O)Nc2ccc3[nH]c4ccccc4c3c2)cc1. The summed E-state index contributed by atoms with van der Waals surface area (Å²) < 4.78 is 5.15. The summed E-state index contributed by atoms with van der Waals surface area (Å²) in [5.74, 6) is 0.831. The number of hydrogen-bond acceptors (Lipinski definition) is 2. The number of aromatic amines is 1. The van der Waals surface area contributed by atoms with Gasteiger partial charge in [0.25, 0.3) is 0 Å². The van der Waals surface area contributed by atoms with Gasteiger partial charge in [0.05, 0.1) is 7.11 Å². The van der Waals surface area contributed by atoms with Crippen molar-refractivity contribution in [2.24, 2.45) is 0 Å². The van der Waals surface area contributed by atoms with E-state index in [1.165, 1.54) is 0 Å². The number of hydrogen-bond donors (Lipinski definition) is 3. The predicted octanol–water partition coefficient (Wildman–Crippen LogP) is 4.69. The maximum atomic E-state index is 12.2. The van der Waals surface area contributed by atoms with E-state index in [4.69, 9.17) is 4.74 Å². The molecule has 5 nitrogen and oxygen atoms in total. The van der Waals surface area contributed by atoms with Crippen molar-refractivity contribution in [2.75, 3.05) is 19.0 Å². The Labute approximate surface area is 157 Å². The number of para-hydroxylation sites is 1. The lowest BCUT2D eigenvalue weighted by Gasteiger charge is -2.08. The van der Waals surface area contributed by atoms with Gasteiger partial charge in [0, 0.05) is 34.0 Å². The molecule has 0 spiro atoms. The van der Waals surface area contributed by atoms with Crippen LogP contribution in [0, 0.1) is 0 Å². The first kappa shape index (κ1) is 17.0. The number of methoxy groups -OCH3 is 1. The highest BCUT2D eigenvalue weighted by Crippen LogP contribution is 2.27. The summed E-state index contributed by atoms with van der Waals surface area (Å²) in [6.07, 6.45) is 0.763. The number of amides is 2. The van der Waals surface area contributed by atoms with Crippen LogP contribution in [0.15, 0.2) is 66.7 Å². The molecule has 136 valence electrons. The fourth-order valence-electron chi connectivity index (χ4n) is 3.21. The second-order valence-electron chi connectivity index (χ2n) is 6.41. The lowest BCUT2D eigenvalue weighted by molar-refractivity contribution is 0.252. The van der Waals surface area contributed by atoms with E-state index in [-0.39, 0.29) is 6.03 Å². The fourth-order valence-corrected chi connectivity index (χ4v) is 3.21. The van der Waals surface area contributed by atoms with Crippen molar-refractivity contribution in [3.8, 4) is 5.75 Å². The third-order valence-electron chi connectivity index (χ3n) is 4.62. The topological polar surface area (TPSA) is 66.2 Å². The molecule has 4 aromatic rings. The summed E-state index contributed by atoms with van der Waals surface area (Å²) in [6, 6.07) is 21.7. The minimum atomic E-state index is -0.206. The van der Waals surface area contributed by atoms with Gasteiger partial charge in [-0.3, -0.25) is 0 Å². The summed E-state index contributed by atoms with van der Waals surface area (Å²) in [7, 11) is 1.65. The van der Waals surface area contributed by atoms with Crippen LogP contribution in [0.4, 0.5) is 10.5 Å². The van der Waals surface area contributed by atoms with Crippen LogP contribution < -0.4 is 15.4 Å². The Balaban J connectivity index is 1.38. The van der Waals surface area contributed by atoms with Crippen LogP contribution in [0.2, 0.25) is 0 Å². The van der Waals surface area contributed by atoms with Crippen molar-refractivity contribution in [3.63, 3.8) is 0 Å². The first-order valence-corrected chi connectivity index (χ1v) is 8.91. The number of rotatable bonds is 5. The average molecular weight is 359 g/mol. The molecule has 3 N–H and O–H groups in total. The van der Waals surface area contributed by atoms with Gasteiger partial charge in [0.2, 0.25) is 0 Å². The Bertz CT molecular complexity index is 1080. The van der Waals surface area contributed by atoms with Gasteiger partial charge in [0.15, 0.2) is 0 Å². The number of benzene rings is 3. The van der Waals surface area contributed by atoms with E-state index >= 15 is 0 Å². The summed E-state index contributed by atoms with van der Waals surface area (Å²) in [5.41, 5.74) is 4.07. The number of urea groups is 1. The van der Waals surface area contributed by atoms with Crippen LogP contribution in [0.1, 0.15) is 5.56 Å². The highest BCUT2D eigenvalue weighted by molar-refractivity contribution is 6.08. The van der Waals surface area contributed by atoms with Crippen LogP contribution >= 0.6 is 0 Å². The van der Waals surface area contributed by atoms with Crippen LogP contribution in [0.3, 0.4) is 0 Å². The maximum Gasteiger partial charge on any atom is 0.319 e. The molecule has 27 heavy (non-hydrogen) atoms. The van der Waals surface area contributed by atoms with Gasteiger partial charge in [0.1, 0.15) is 5.75 Å². The van der Waals surface area contributed by atoms with Crippen molar-refractivity contribution in [1.82, 2.24) is 10.3 Å². The predicted molar refractivity (Wildman–Crippen MR) is 110 cm³/mol.